The molecule has 0 spiro atoms. The lowest BCUT2D eigenvalue weighted by Gasteiger charge is -2.25. The van der Waals surface area contributed by atoms with Crippen LogP contribution < -0.4 is 5.73 Å². The van der Waals surface area contributed by atoms with Crippen molar-refractivity contribution in [3.63, 3.8) is 0 Å². The van der Waals surface area contributed by atoms with Gasteiger partial charge >= 0.3 is 0 Å². The van der Waals surface area contributed by atoms with Gasteiger partial charge in [0.1, 0.15) is 6.04 Å². The molecular formula is C14H17N3O3. The normalized spacial score (nSPS) is 15.2. The lowest BCUT2D eigenvalue weighted by atomic mass is 10.1. The van der Waals surface area contributed by atoms with Gasteiger partial charge in [-0.2, -0.15) is 0 Å². The monoisotopic (exact) mass is 275 g/mol. The average Bonchev–Trinajstić information content (AvgIpc) is 2.68. The first-order valence-electron chi connectivity index (χ1n) is 6.40. The van der Waals surface area contributed by atoms with Crippen LogP contribution in [0.25, 0.3) is 0 Å². The van der Waals surface area contributed by atoms with Gasteiger partial charge in [-0.15, -0.1) is 0 Å². The van der Waals surface area contributed by atoms with Gasteiger partial charge in [-0.3, -0.25) is 19.3 Å². The number of benzene rings is 1. The van der Waals surface area contributed by atoms with Crippen molar-refractivity contribution in [3.8, 4) is 0 Å². The van der Waals surface area contributed by atoms with Crippen LogP contribution in [-0.4, -0.2) is 47.2 Å². The molecule has 0 bridgehead atoms. The van der Waals surface area contributed by atoms with Crippen molar-refractivity contribution in [3.05, 3.63) is 29.3 Å². The molecule has 2 N–H and O–H groups in total. The molecule has 1 aliphatic heterocycles. The Labute approximate surface area is 117 Å². The van der Waals surface area contributed by atoms with Gasteiger partial charge < -0.3 is 10.6 Å². The van der Waals surface area contributed by atoms with Crippen molar-refractivity contribution in [1.82, 2.24) is 9.80 Å². The molecule has 0 aliphatic carbocycles. The van der Waals surface area contributed by atoms with Crippen molar-refractivity contribution in [2.45, 2.75) is 19.9 Å². The molecule has 1 aromatic carbocycles. The molecule has 1 heterocycles. The Morgan fingerprint density at radius 3 is 2.50 bits per heavy atom. The zero-order valence-electron chi connectivity index (χ0n) is 11.7. The largest absolute Gasteiger partial charge is 0.399 e. The lowest BCUT2D eigenvalue weighted by molar-refractivity contribution is -0.133. The summed E-state index contributed by atoms with van der Waals surface area (Å²) in [6.07, 6.45) is 0. The number of anilines is 1. The van der Waals surface area contributed by atoms with Crippen molar-refractivity contribution in [2.75, 3.05) is 19.3 Å². The summed E-state index contributed by atoms with van der Waals surface area (Å²) in [5.41, 5.74) is 6.60. The Balaban J connectivity index is 2.35. The summed E-state index contributed by atoms with van der Waals surface area (Å²) in [5, 5.41) is 0. The molecule has 106 valence electrons. The molecule has 0 aromatic heterocycles. The first-order valence-corrected chi connectivity index (χ1v) is 6.40. The molecule has 6 nitrogen and oxygen atoms in total. The van der Waals surface area contributed by atoms with Crippen LogP contribution >= 0.6 is 0 Å². The number of nitrogens with zero attached hydrogens (tertiary/aromatic N) is 2. The summed E-state index contributed by atoms with van der Waals surface area (Å²) in [4.78, 5) is 39.2. The molecule has 0 saturated heterocycles. The maximum absolute atomic E-state index is 12.3. The van der Waals surface area contributed by atoms with E-state index in [1.165, 1.54) is 17.0 Å². The highest BCUT2D eigenvalue weighted by Crippen LogP contribution is 2.26. The fourth-order valence-corrected chi connectivity index (χ4v) is 2.21. The van der Waals surface area contributed by atoms with E-state index in [-0.39, 0.29) is 11.5 Å². The number of carbonyl (C=O) groups is 3. The smallest absolute Gasteiger partial charge is 0.262 e. The van der Waals surface area contributed by atoms with E-state index in [0.717, 1.165) is 4.90 Å². The summed E-state index contributed by atoms with van der Waals surface area (Å²) in [5.74, 6) is -1.19. The van der Waals surface area contributed by atoms with Gasteiger partial charge in [0, 0.05) is 19.3 Å². The third-order valence-electron chi connectivity index (χ3n) is 3.54. The summed E-state index contributed by atoms with van der Waals surface area (Å²) in [7, 11) is 1.63. The molecule has 0 fully saturated rings. The Morgan fingerprint density at radius 1 is 1.30 bits per heavy atom. The molecule has 1 atom stereocenters. The number of nitrogen functional groups attached to an aromatic ring is 1. The quantitative estimate of drug-likeness (QED) is 0.651. The fraction of sp³-hybridized carbons (Fsp3) is 0.357. The molecule has 1 aliphatic rings. The first-order chi connectivity index (χ1) is 9.38. The van der Waals surface area contributed by atoms with Gasteiger partial charge in [0.15, 0.2) is 0 Å². The number of carbonyl (C=O) groups excluding carboxylic acids is 3. The van der Waals surface area contributed by atoms with E-state index in [2.05, 4.69) is 0 Å². The highest BCUT2D eigenvalue weighted by atomic mass is 16.2. The number of rotatable bonds is 3. The van der Waals surface area contributed by atoms with Crippen LogP contribution in [0.2, 0.25) is 0 Å². The van der Waals surface area contributed by atoms with Crippen molar-refractivity contribution in [2.24, 2.45) is 0 Å². The topological polar surface area (TPSA) is 83.7 Å². The number of likely N-dealkylation sites (N-methyl/N-ethyl adjacent to an activating group) is 1. The maximum Gasteiger partial charge on any atom is 0.262 e. The highest BCUT2D eigenvalue weighted by molar-refractivity contribution is 6.23. The summed E-state index contributed by atoms with van der Waals surface area (Å²) in [6, 6.07) is 3.73. The van der Waals surface area contributed by atoms with Gasteiger partial charge in [0.2, 0.25) is 5.91 Å². The second kappa shape index (κ2) is 4.96. The van der Waals surface area contributed by atoms with Crippen LogP contribution in [0.5, 0.6) is 0 Å². The number of hydrogen-bond donors (Lipinski definition) is 1. The minimum atomic E-state index is -0.825. The third-order valence-corrected chi connectivity index (χ3v) is 3.54. The van der Waals surface area contributed by atoms with E-state index in [9.17, 15) is 14.4 Å². The summed E-state index contributed by atoms with van der Waals surface area (Å²) >= 11 is 0. The number of nitrogens with two attached hydrogens (primary N) is 1. The molecule has 0 radical (unpaired) electrons. The van der Waals surface area contributed by atoms with E-state index < -0.39 is 17.9 Å². The lowest BCUT2D eigenvalue weighted by Crippen LogP contribution is -2.48. The Bertz CT molecular complexity index is 597. The van der Waals surface area contributed by atoms with Crippen molar-refractivity contribution >= 4 is 23.4 Å². The van der Waals surface area contributed by atoms with Gasteiger partial charge in [-0.05, 0) is 32.0 Å². The SMILES string of the molecule is CCN(C)C(=O)C(C)N1C(=O)c2ccc(N)cc2C1=O. The first kappa shape index (κ1) is 14.0. The van der Waals surface area contributed by atoms with Crippen LogP contribution in [0.4, 0.5) is 5.69 Å². The predicted molar refractivity (Wildman–Crippen MR) is 74.1 cm³/mol. The zero-order chi connectivity index (χ0) is 15.0. The predicted octanol–water partition coefficient (Wildman–Crippen LogP) is 0.732. The van der Waals surface area contributed by atoms with Crippen LogP contribution in [-0.2, 0) is 4.79 Å². The van der Waals surface area contributed by atoms with Crippen LogP contribution in [0, 0.1) is 0 Å². The second-order valence-corrected chi connectivity index (χ2v) is 4.81. The van der Waals surface area contributed by atoms with Crippen molar-refractivity contribution < 1.29 is 14.4 Å². The molecular weight excluding hydrogens is 258 g/mol. The zero-order valence-corrected chi connectivity index (χ0v) is 11.7. The molecule has 2 rings (SSSR count). The van der Waals surface area contributed by atoms with E-state index in [0.29, 0.717) is 17.8 Å². The van der Waals surface area contributed by atoms with E-state index >= 15 is 0 Å². The fourth-order valence-electron chi connectivity index (χ4n) is 2.21. The Kier molecular flexibility index (Phi) is 3.48. The number of amides is 3. The van der Waals surface area contributed by atoms with Gasteiger partial charge in [-0.25, -0.2) is 0 Å². The molecule has 20 heavy (non-hydrogen) atoms. The van der Waals surface area contributed by atoms with Crippen LogP contribution in [0.15, 0.2) is 18.2 Å². The standard InChI is InChI=1S/C14H17N3O3/c1-4-16(3)12(18)8(2)17-13(19)10-6-5-9(15)7-11(10)14(17)20/h5-8H,4,15H2,1-3H3. The molecule has 6 heteroatoms. The number of imide groups is 1. The number of fused-ring (bicyclic) bond motifs is 1. The Morgan fingerprint density at radius 2 is 1.90 bits per heavy atom. The van der Waals surface area contributed by atoms with Crippen LogP contribution in [0.1, 0.15) is 34.6 Å². The van der Waals surface area contributed by atoms with Crippen LogP contribution in [0.3, 0.4) is 0 Å². The maximum atomic E-state index is 12.3. The highest BCUT2D eigenvalue weighted by Gasteiger charge is 2.41. The third kappa shape index (κ3) is 2.03. The average molecular weight is 275 g/mol. The van der Waals surface area contributed by atoms with E-state index in [1.807, 2.05) is 6.92 Å². The summed E-state index contributed by atoms with van der Waals surface area (Å²) < 4.78 is 0. The van der Waals surface area contributed by atoms with Gasteiger partial charge in [-0.1, -0.05) is 0 Å². The van der Waals surface area contributed by atoms with E-state index in [1.54, 1.807) is 20.0 Å². The van der Waals surface area contributed by atoms with E-state index in [4.69, 9.17) is 5.73 Å². The molecule has 1 unspecified atom stereocenters. The molecule has 3 amide bonds. The molecule has 0 saturated carbocycles. The second-order valence-electron chi connectivity index (χ2n) is 4.81. The van der Waals surface area contributed by atoms with Gasteiger partial charge in [0.05, 0.1) is 11.1 Å². The molecule has 1 aromatic rings. The number of hydrogen-bond acceptors (Lipinski definition) is 4. The minimum absolute atomic E-state index is 0.258. The van der Waals surface area contributed by atoms with Gasteiger partial charge in [0.25, 0.3) is 11.8 Å². The Hall–Kier alpha value is -2.37. The minimum Gasteiger partial charge on any atom is -0.399 e. The van der Waals surface area contributed by atoms with Crippen molar-refractivity contribution in [1.29, 1.82) is 0 Å². The summed E-state index contributed by atoms with van der Waals surface area (Å²) in [6.45, 7) is 3.90.